The molecule has 0 saturated heterocycles. The van der Waals surface area contributed by atoms with E-state index in [1.54, 1.807) is 18.3 Å². The summed E-state index contributed by atoms with van der Waals surface area (Å²) in [6.45, 7) is 1.95. The summed E-state index contributed by atoms with van der Waals surface area (Å²) in [5, 5.41) is 14.7. The van der Waals surface area contributed by atoms with Crippen LogP contribution < -0.4 is 5.43 Å². The fraction of sp³-hybridized carbons (Fsp3) is 0.0588. The van der Waals surface area contributed by atoms with E-state index in [0.29, 0.717) is 0 Å². The maximum Gasteiger partial charge on any atom is 0.275 e. The van der Waals surface area contributed by atoms with Crippen molar-refractivity contribution in [1.29, 1.82) is 0 Å². The van der Waals surface area contributed by atoms with Gasteiger partial charge in [-0.05, 0) is 25.1 Å². The summed E-state index contributed by atoms with van der Waals surface area (Å²) in [5.74, 6) is -0.523. The summed E-state index contributed by atoms with van der Waals surface area (Å²) in [7, 11) is 0. The number of benzene rings is 2. The Balaban J connectivity index is 1.81. The van der Waals surface area contributed by atoms with E-state index in [1.165, 1.54) is 12.1 Å². The number of phenolic OH excluding ortho intramolecular Hbond substituents is 1. The van der Waals surface area contributed by atoms with Crippen molar-refractivity contribution >= 4 is 23.0 Å². The van der Waals surface area contributed by atoms with Crippen molar-refractivity contribution in [2.75, 3.05) is 0 Å². The van der Waals surface area contributed by atoms with Crippen molar-refractivity contribution in [1.82, 2.24) is 10.4 Å². The van der Waals surface area contributed by atoms with Gasteiger partial charge in [0.1, 0.15) is 5.75 Å². The van der Waals surface area contributed by atoms with Crippen molar-refractivity contribution in [2.24, 2.45) is 5.10 Å². The van der Waals surface area contributed by atoms with Gasteiger partial charge in [0.15, 0.2) is 0 Å². The third-order valence-electron chi connectivity index (χ3n) is 3.45. The molecular weight excluding hydrogens is 278 g/mol. The maximum atomic E-state index is 11.9. The average Bonchev–Trinajstić information content (AvgIpc) is 2.83. The molecule has 0 bridgehead atoms. The number of aryl methyl sites for hydroxylation is 1. The molecule has 110 valence electrons. The monoisotopic (exact) mass is 293 g/mol. The van der Waals surface area contributed by atoms with E-state index in [4.69, 9.17) is 0 Å². The number of phenols is 1. The first-order chi connectivity index (χ1) is 10.7. The zero-order chi connectivity index (χ0) is 15.5. The lowest BCUT2D eigenvalue weighted by Crippen LogP contribution is -2.17. The van der Waals surface area contributed by atoms with Gasteiger partial charge in [-0.15, -0.1) is 0 Å². The number of hydrazone groups is 1. The summed E-state index contributed by atoms with van der Waals surface area (Å²) in [4.78, 5) is 15.2. The van der Waals surface area contributed by atoms with Crippen molar-refractivity contribution in [2.45, 2.75) is 6.92 Å². The molecule has 2 aromatic carbocycles. The third-order valence-corrected chi connectivity index (χ3v) is 3.45. The normalized spacial score (nSPS) is 11.1. The molecule has 0 aliphatic rings. The van der Waals surface area contributed by atoms with Crippen molar-refractivity contribution in [3.8, 4) is 5.75 Å². The van der Waals surface area contributed by atoms with Crippen LogP contribution in [0, 0.1) is 6.92 Å². The highest BCUT2D eigenvalue weighted by molar-refractivity contribution is 6.02. The van der Waals surface area contributed by atoms with Crippen LogP contribution in [-0.2, 0) is 0 Å². The second-order valence-corrected chi connectivity index (χ2v) is 4.93. The Kier molecular flexibility index (Phi) is 3.62. The molecule has 3 N–H and O–H groups in total. The highest BCUT2D eigenvalue weighted by atomic mass is 16.3. The van der Waals surface area contributed by atoms with Gasteiger partial charge in [0.05, 0.1) is 11.8 Å². The molecule has 5 nitrogen and oxygen atoms in total. The van der Waals surface area contributed by atoms with Crippen LogP contribution in [0.15, 0.2) is 53.6 Å². The van der Waals surface area contributed by atoms with Crippen LogP contribution in [0.5, 0.6) is 5.75 Å². The molecule has 3 aromatic rings. The Morgan fingerprint density at radius 2 is 1.91 bits per heavy atom. The van der Waals surface area contributed by atoms with Crippen LogP contribution in [0.1, 0.15) is 21.6 Å². The molecule has 0 spiro atoms. The lowest BCUT2D eigenvalue weighted by Gasteiger charge is -2.01. The molecule has 3 rings (SSSR count). The predicted octanol–water partition coefficient (Wildman–Crippen LogP) is 2.95. The number of fused-ring (bicyclic) bond motifs is 1. The number of nitrogens with one attached hydrogen (secondary N) is 2. The van der Waals surface area contributed by atoms with E-state index in [0.717, 1.165) is 22.2 Å². The smallest absolute Gasteiger partial charge is 0.275 e. The quantitative estimate of drug-likeness (QED) is 0.513. The third kappa shape index (κ3) is 2.56. The van der Waals surface area contributed by atoms with Gasteiger partial charge < -0.3 is 10.1 Å². The maximum absolute atomic E-state index is 11.9. The molecule has 0 aliphatic carbocycles. The van der Waals surface area contributed by atoms with Gasteiger partial charge in [-0.2, -0.15) is 5.10 Å². The van der Waals surface area contributed by atoms with E-state index in [-0.39, 0.29) is 11.3 Å². The Morgan fingerprint density at radius 1 is 1.18 bits per heavy atom. The molecule has 1 heterocycles. The minimum atomic E-state index is -0.452. The molecule has 22 heavy (non-hydrogen) atoms. The molecule has 0 unspecified atom stereocenters. The molecule has 1 aromatic heterocycles. The summed E-state index contributed by atoms with van der Waals surface area (Å²) in [6.07, 6.45) is 1.60. The molecule has 1 amide bonds. The van der Waals surface area contributed by atoms with Crippen LogP contribution in [0.2, 0.25) is 0 Å². The van der Waals surface area contributed by atoms with Gasteiger partial charge in [-0.1, -0.05) is 30.3 Å². The summed E-state index contributed by atoms with van der Waals surface area (Å²) in [6, 6.07) is 14.2. The van der Waals surface area contributed by atoms with Gasteiger partial charge in [0.25, 0.3) is 5.91 Å². The summed E-state index contributed by atoms with van der Waals surface area (Å²) < 4.78 is 0. The van der Waals surface area contributed by atoms with Crippen molar-refractivity contribution < 1.29 is 9.90 Å². The number of aromatic nitrogens is 1. The molecular formula is C17H15N3O2. The summed E-state index contributed by atoms with van der Waals surface area (Å²) >= 11 is 0. The number of para-hydroxylation sites is 2. The highest BCUT2D eigenvalue weighted by Gasteiger charge is 2.09. The Hall–Kier alpha value is -3.08. The molecule has 5 heteroatoms. The highest BCUT2D eigenvalue weighted by Crippen LogP contribution is 2.20. The largest absolute Gasteiger partial charge is 0.507 e. The van der Waals surface area contributed by atoms with E-state index >= 15 is 0 Å². The van der Waals surface area contributed by atoms with Crippen LogP contribution in [-0.4, -0.2) is 22.2 Å². The lowest BCUT2D eigenvalue weighted by atomic mass is 10.1. The number of hydrogen-bond acceptors (Lipinski definition) is 3. The molecule has 0 saturated carbocycles. The zero-order valence-electron chi connectivity index (χ0n) is 12.0. The van der Waals surface area contributed by atoms with E-state index in [2.05, 4.69) is 15.5 Å². The van der Waals surface area contributed by atoms with E-state index < -0.39 is 5.91 Å². The molecule has 0 radical (unpaired) electrons. The first-order valence-corrected chi connectivity index (χ1v) is 6.85. The van der Waals surface area contributed by atoms with Gasteiger partial charge >= 0.3 is 0 Å². The molecule has 0 fully saturated rings. The lowest BCUT2D eigenvalue weighted by molar-refractivity contribution is 0.0952. The Morgan fingerprint density at radius 3 is 2.73 bits per heavy atom. The minimum absolute atomic E-state index is 0.0709. The topological polar surface area (TPSA) is 77.5 Å². The average molecular weight is 293 g/mol. The summed E-state index contributed by atoms with van der Waals surface area (Å²) in [5.41, 5.74) is 5.54. The first-order valence-electron chi connectivity index (χ1n) is 6.85. The number of carbonyl (C=O) groups excluding carboxylic acids is 1. The van der Waals surface area contributed by atoms with Gasteiger partial charge in [0, 0.05) is 22.2 Å². The van der Waals surface area contributed by atoms with Crippen molar-refractivity contribution in [3.05, 3.63) is 65.4 Å². The number of H-pyrrole nitrogens is 1. The fourth-order valence-corrected chi connectivity index (χ4v) is 2.35. The van der Waals surface area contributed by atoms with E-state index in [1.807, 2.05) is 31.2 Å². The SMILES string of the molecule is Cc1[nH]c2ccccc2c1/C=N\NC(=O)c1ccccc1O. The Bertz CT molecular complexity index is 865. The number of aromatic amines is 1. The van der Waals surface area contributed by atoms with Crippen LogP contribution in [0.25, 0.3) is 10.9 Å². The van der Waals surface area contributed by atoms with Gasteiger partial charge in [-0.3, -0.25) is 4.79 Å². The minimum Gasteiger partial charge on any atom is -0.507 e. The van der Waals surface area contributed by atoms with Crippen molar-refractivity contribution in [3.63, 3.8) is 0 Å². The number of nitrogens with zero attached hydrogens (tertiary/aromatic N) is 1. The fourth-order valence-electron chi connectivity index (χ4n) is 2.35. The second-order valence-electron chi connectivity index (χ2n) is 4.93. The van der Waals surface area contributed by atoms with Crippen LogP contribution >= 0.6 is 0 Å². The van der Waals surface area contributed by atoms with Crippen LogP contribution in [0.4, 0.5) is 0 Å². The molecule has 0 atom stereocenters. The number of amides is 1. The second kappa shape index (κ2) is 5.73. The number of rotatable bonds is 3. The first kappa shape index (κ1) is 13.9. The Labute approximate surface area is 127 Å². The van der Waals surface area contributed by atoms with Gasteiger partial charge in [-0.25, -0.2) is 5.43 Å². The van der Waals surface area contributed by atoms with E-state index in [9.17, 15) is 9.90 Å². The predicted molar refractivity (Wildman–Crippen MR) is 86.2 cm³/mol. The van der Waals surface area contributed by atoms with Crippen LogP contribution in [0.3, 0.4) is 0 Å². The number of aromatic hydroxyl groups is 1. The molecule has 0 aliphatic heterocycles. The zero-order valence-corrected chi connectivity index (χ0v) is 12.0. The van der Waals surface area contributed by atoms with Gasteiger partial charge in [0.2, 0.25) is 0 Å². The standard InChI is InChI=1S/C17H15N3O2/c1-11-14(12-6-2-4-8-15(12)19-11)10-18-20-17(22)13-7-3-5-9-16(13)21/h2-10,19,21H,1H3,(H,20,22)/b18-10-. The number of hydrogen-bond donors (Lipinski definition) is 3. The number of carbonyl (C=O) groups is 1.